The summed E-state index contributed by atoms with van der Waals surface area (Å²) in [5.41, 5.74) is 1.27. The van der Waals surface area contributed by atoms with E-state index in [1.165, 1.54) is 7.11 Å². The number of ether oxygens (including phenoxy) is 3. The van der Waals surface area contributed by atoms with E-state index in [0.29, 0.717) is 32.9 Å². The molecule has 1 saturated heterocycles. The van der Waals surface area contributed by atoms with Crippen LogP contribution in [0.1, 0.15) is 62.4 Å². The number of likely N-dealkylation sites (tertiary alicyclic amines) is 1. The first-order valence-corrected chi connectivity index (χ1v) is 13.0. The number of benzene rings is 2. The van der Waals surface area contributed by atoms with Crippen LogP contribution in [0.2, 0.25) is 0 Å². The van der Waals surface area contributed by atoms with E-state index in [4.69, 9.17) is 14.2 Å². The van der Waals surface area contributed by atoms with Gasteiger partial charge in [-0.15, -0.1) is 0 Å². The predicted molar refractivity (Wildman–Crippen MR) is 141 cm³/mol. The Hall–Kier alpha value is -2.98. The highest BCUT2D eigenvalue weighted by Gasteiger charge is 2.46. The van der Waals surface area contributed by atoms with Crippen molar-refractivity contribution in [2.45, 2.75) is 52.1 Å². The first-order valence-electron chi connectivity index (χ1n) is 12.2. The number of carbonyl (C=O) groups is 2. The molecule has 1 aliphatic carbocycles. The zero-order valence-electron chi connectivity index (χ0n) is 21.2. The molecule has 1 spiro atoms. The number of piperidine rings is 1. The average molecular weight is 554 g/mol. The Morgan fingerprint density at radius 2 is 1.72 bits per heavy atom. The molecule has 1 aliphatic heterocycles. The van der Waals surface area contributed by atoms with Gasteiger partial charge in [-0.1, -0.05) is 11.8 Å². The van der Waals surface area contributed by atoms with Crippen LogP contribution in [0.4, 0.5) is 4.79 Å². The van der Waals surface area contributed by atoms with Crippen molar-refractivity contribution in [3.8, 4) is 23.3 Å². The number of nitrogens with zero attached hydrogens (tertiary/aromatic N) is 1. The van der Waals surface area contributed by atoms with E-state index in [9.17, 15) is 9.59 Å². The van der Waals surface area contributed by atoms with Gasteiger partial charge in [-0.05, 0) is 110 Å². The maximum atomic E-state index is 12.3. The van der Waals surface area contributed by atoms with E-state index in [1.54, 1.807) is 18.2 Å². The third-order valence-corrected chi connectivity index (χ3v) is 7.31. The number of hydrogen-bond acceptors (Lipinski definition) is 5. The lowest BCUT2D eigenvalue weighted by Crippen LogP contribution is -2.49. The van der Waals surface area contributed by atoms with Gasteiger partial charge in [0.25, 0.3) is 0 Å². The SMILES string of the molecule is COC(=O)c1ccc(Oc2ccc(C#CC3CC4(CCN(C(=O)OC(C)(C)C)CC4)C3)cc2)c(Br)c1. The molecule has 2 aromatic carbocycles. The van der Waals surface area contributed by atoms with Gasteiger partial charge in [0.15, 0.2) is 0 Å². The van der Waals surface area contributed by atoms with Gasteiger partial charge in [-0.3, -0.25) is 0 Å². The molecule has 1 heterocycles. The van der Waals surface area contributed by atoms with Crippen molar-refractivity contribution < 1.29 is 23.8 Å². The third kappa shape index (κ3) is 6.41. The third-order valence-electron chi connectivity index (χ3n) is 6.69. The Morgan fingerprint density at radius 1 is 1.06 bits per heavy atom. The first kappa shape index (κ1) is 26.1. The molecule has 6 nitrogen and oxygen atoms in total. The van der Waals surface area contributed by atoms with Gasteiger partial charge < -0.3 is 19.1 Å². The van der Waals surface area contributed by atoms with Gasteiger partial charge in [0.2, 0.25) is 0 Å². The number of esters is 1. The molecular weight excluding hydrogens is 522 g/mol. The molecule has 0 unspecified atom stereocenters. The maximum Gasteiger partial charge on any atom is 0.410 e. The van der Waals surface area contributed by atoms with Crippen LogP contribution >= 0.6 is 15.9 Å². The fraction of sp³-hybridized carbons (Fsp3) is 0.448. The molecule has 36 heavy (non-hydrogen) atoms. The molecule has 7 heteroatoms. The lowest BCUT2D eigenvalue weighted by molar-refractivity contribution is -0.0157. The van der Waals surface area contributed by atoms with Crippen molar-refractivity contribution in [3.05, 3.63) is 58.1 Å². The van der Waals surface area contributed by atoms with E-state index in [-0.39, 0.29) is 6.09 Å². The lowest BCUT2D eigenvalue weighted by atomic mass is 9.58. The molecule has 1 amide bonds. The molecule has 4 rings (SSSR count). The Morgan fingerprint density at radius 3 is 2.31 bits per heavy atom. The largest absolute Gasteiger partial charge is 0.465 e. The predicted octanol–water partition coefficient (Wildman–Crippen LogP) is 6.81. The van der Waals surface area contributed by atoms with Crippen LogP contribution in [0.15, 0.2) is 46.9 Å². The van der Waals surface area contributed by atoms with Crippen molar-refractivity contribution in [1.82, 2.24) is 4.90 Å². The normalized spacial score (nSPS) is 17.0. The van der Waals surface area contributed by atoms with Crippen LogP contribution in [0.5, 0.6) is 11.5 Å². The molecule has 0 N–H and O–H groups in total. The standard InChI is InChI=1S/C29H32BrNO5/c1-28(2,3)36-27(33)31-15-13-29(14-16-31)18-21(19-29)6-5-20-7-10-23(11-8-20)35-25-12-9-22(17-24(25)30)26(32)34-4/h7-12,17,21H,13-16,18-19H2,1-4H3. The van der Waals surface area contributed by atoms with Crippen LogP contribution in [0.25, 0.3) is 0 Å². The molecule has 2 fully saturated rings. The van der Waals surface area contributed by atoms with Gasteiger partial charge in [-0.2, -0.15) is 0 Å². The molecule has 1 saturated carbocycles. The molecule has 2 aromatic rings. The van der Waals surface area contributed by atoms with Crippen LogP contribution in [-0.4, -0.2) is 42.8 Å². The summed E-state index contributed by atoms with van der Waals surface area (Å²) in [5, 5.41) is 0. The summed E-state index contributed by atoms with van der Waals surface area (Å²) in [4.78, 5) is 25.8. The molecule has 0 atom stereocenters. The van der Waals surface area contributed by atoms with E-state index in [2.05, 4.69) is 27.8 Å². The maximum absolute atomic E-state index is 12.3. The fourth-order valence-corrected chi connectivity index (χ4v) is 5.19. The van der Waals surface area contributed by atoms with E-state index in [1.807, 2.05) is 49.9 Å². The Balaban J connectivity index is 1.26. The summed E-state index contributed by atoms with van der Waals surface area (Å²) in [5.74, 6) is 8.03. The summed E-state index contributed by atoms with van der Waals surface area (Å²) in [6, 6.07) is 12.7. The summed E-state index contributed by atoms with van der Waals surface area (Å²) < 4.78 is 16.9. The van der Waals surface area contributed by atoms with Crippen molar-refractivity contribution in [2.75, 3.05) is 20.2 Å². The lowest BCUT2D eigenvalue weighted by Gasteiger charge is -2.50. The molecule has 0 bridgehead atoms. The number of hydrogen-bond donors (Lipinski definition) is 0. The quantitative estimate of drug-likeness (QED) is 0.308. The van der Waals surface area contributed by atoms with Crippen LogP contribution in [0.3, 0.4) is 0 Å². The molecule has 0 radical (unpaired) electrons. The Kier molecular flexibility index (Phi) is 7.65. The van der Waals surface area contributed by atoms with E-state index < -0.39 is 11.6 Å². The number of rotatable bonds is 3. The second-order valence-corrected chi connectivity index (χ2v) is 11.5. The summed E-state index contributed by atoms with van der Waals surface area (Å²) >= 11 is 3.44. The van der Waals surface area contributed by atoms with Crippen LogP contribution < -0.4 is 4.74 Å². The van der Waals surface area contributed by atoms with Gasteiger partial charge in [0.1, 0.15) is 17.1 Å². The van der Waals surface area contributed by atoms with Gasteiger partial charge >= 0.3 is 12.1 Å². The van der Waals surface area contributed by atoms with Gasteiger partial charge in [0.05, 0.1) is 17.1 Å². The van der Waals surface area contributed by atoms with Crippen LogP contribution in [0, 0.1) is 23.2 Å². The zero-order valence-corrected chi connectivity index (χ0v) is 22.8. The minimum atomic E-state index is -0.456. The Labute approximate surface area is 221 Å². The number of halogens is 1. The molecule has 0 aromatic heterocycles. The summed E-state index contributed by atoms with van der Waals surface area (Å²) in [7, 11) is 1.35. The van der Waals surface area contributed by atoms with Gasteiger partial charge in [-0.25, -0.2) is 9.59 Å². The van der Waals surface area contributed by atoms with Crippen molar-refractivity contribution in [3.63, 3.8) is 0 Å². The Bertz CT molecular complexity index is 1170. The van der Waals surface area contributed by atoms with Crippen molar-refractivity contribution in [2.24, 2.45) is 11.3 Å². The highest BCUT2D eigenvalue weighted by atomic mass is 79.9. The molecule has 2 aliphatic rings. The summed E-state index contributed by atoms with van der Waals surface area (Å²) in [6.07, 6.45) is 4.03. The topological polar surface area (TPSA) is 65.1 Å². The minimum absolute atomic E-state index is 0.203. The van der Waals surface area contributed by atoms with Gasteiger partial charge in [0, 0.05) is 24.6 Å². The number of carbonyl (C=O) groups excluding carboxylic acids is 2. The zero-order chi connectivity index (χ0) is 25.9. The number of amides is 1. The fourth-order valence-electron chi connectivity index (χ4n) is 4.73. The minimum Gasteiger partial charge on any atom is -0.465 e. The highest BCUT2D eigenvalue weighted by molar-refractivity contribution is 9.10. The smallest absolute Gasteiger partial charge is 0.410 e. The second-order valence-electron chi connectivity index (χ2n) is 10.6. The second kappa shape index (κ2) is 10.6. The number of methoxy groups -OCH3 is 1. The van der Waals surface area contributed by atoms with E-state index >= 15 is 0 Å². The monoisotopic (exact) mass is 553 g/mol. The van der Waals surface area contributed by atoms with Crippen LogP contribution in [-0.2, 0) is 9.47 Å². The van der Waals surface area contributed by atoms with Crippen molar-refractivity contribution >= 4 is 28.0 Å². The molecule has 190 valence electrons. The van der Waals surface area contributed by atoms with E-state index in [0.717, 1.165) is 44.3 Å². The average Bonchev–Trinajstić information content (AvgIpc) is 2.82. The first-order chi connectivity index (χ1) is 17.1. The molecular formula is C29H32BrNO5. The highest BCUT2D eigenvalue weighted by Crippen LogP contribution is 2.52. The van der Waals surface area contributed by atoms with Crippen molar-refractivity contribution in [1.29, 1.82) is 0 Å². The summed E-state index contributed by atoms with van der Waals surface area (Å²) in [6.45, 7) is 7.22.